The van der Waals surface area contributed by atoms with E-state index in [1.807, 2.05) is 13.8 Å². The van der Waals surface area contributed by atoms with Gasteiger partial charge in [0, 0.05) is 0 Å². The minimum atomic E-state index is -0.0645. The van der Waals surface area contributed by atoms with Crippen LogP contribution < -0.4 is 0 Å². The summed E-state index contributed by atoms with van der Waals surface area (Å²) in [7, 11) is 0. The van der Waals surface area contributed by atoms with Crippen molar-refractivity contribution in [2.24, 2.45) is 11.1 Å². The first kappa shape index (κ1) is 11.4. The van der Waals surface area contributed by atoms with Crippen molar-refractivity contribution in [1.82, 2.24) is 0 Å². The van der Waals surface area contributed by atoms with Gasteiger partial charge in [0.05, 0.1) is 19.3 Å². The molecule has 0 amide bonds. The van der Waals surface area contributed by atoms with Crippen molar-refractivity contribution in [2.45, 2.75) is 39.2 Å². The van der Waals surface area contributed by atoms with E-state index in [2.05, 4.69) is 11.3 Å². The van der Waals surface area contributed by atoms with Gasteiger partial charge in [-0.15, -0.1) is 0 Å². The van der Waals surface area contributed by atoms with E-state index in [0.717, 1.165) is 32.5 Å². The summed E-state index contributed by atoms with van der Waals surface area (Å²) in [5, 5.41) is 3.15. The molecule has 1 saturated heterocycles. The van der Waals surface area contributed by atoms with Crippen molar-refractivity contribution in [3.8, 4) is 0 Å². The van der Waals surface area contributed by atoms with E-state index in [9.17, 15) is 4.91 Å². The summed E-state index contributed by atoms with van der Waals surface area (Å²) in [5.41, 5.74) is 1.42. The number of rotatable bonds is 4. The number of nitroso groups, excluding NO2 is 1. The Morgan fingerprint density at radius 1 is 1.43 bits per heavy atom. The van der Waals surface area contributed by atoms with Crippen LogP contribution in [0.4, 0.5) is 0 Å². The maximum Gasteiger partial charge on any atom is 0.0976 e. The highest BCUT2D eigenvalue weighted by Crippen LogP contribution is 2.17. The summed E-state index contributed by atoms with van der Waals surface area (Å²) in [4.78, 5) is 10.5. The molecule has 0 bridgehead atoms. The van der Waals surface area contributed by atoms with Crippen molar-refractivity contribution in [3.05, 3.63) is 16.6 Å². The number of ether oxygens (including phenoxy) is 1. The first-order valence-corrected chi connectivity index (χ1v) is 5.32. The van der Waals surface area contributed by atoms with Crippen LogP contribution in [-0.2, 0) is 4.74 Å². The van der Waals surface area contributed by atoms with Gasteiger partial charge in [-0.1, -0.05) is 30.7 Å². The number of hydrogen-bond donors (Lipinski definition) is 0. The highest BCUT2D eigenvalue weighted by molar-refractivity contribution is 5.05. The molecule has 1 aliphatic heterocycles. The summed E-state index contributed by atoms with van der Waals surface area (Å²) in [6, 6.07) is -0.0645. The predicted molar refractivity (Wildman–Crippen MR) is 57.2 cm³/mol. The predicted octanol–water partition coefficient (Wildman–Crippen LogP) is 2.90. The molecule has 0 aromatic carbocycles. The molecule has 14 heavy (non-hydrogen) atoms. The first-order valence-electron chi connectivity index (χ1n) is 5.32. The molecule has 0 radical (unpaired) electrons. The lowest BCUT2D eigenvalue weighted by Crippen LogP contribution is -2.12. The monoisotopic (exact) mass is 197 g/mol. The summed E-state index contributed by atoms with van der Waals surface area (Å²) in [6.45, 7) is 5.72. The smallest absolute Gasteiger partial charge is 0.0976 e. The van der Waals surface area contributed by atoms with Crippen molar-refractivity contribution in [2.75, 3.05) is 13.2 Å². The van der Waals surface area contributed by atoms with Crippen LogP contribution in [-0.4, -0.2) is 19.3 Å². The molecule has 3 heteroatoms. The fraction of sp³-hybridized carbons (Fsp3) is 0.818. The lowest BCUT2D eigenvalue weighted by molar-refractivity contribution is 0.119. The van der Waals surface area contributed by atoms with E-state index in [4.69, 9.17) is 4.74 Å². The van der Waals surface area contributed by atoms with Crippen LogP contribution in [0.3, 0.4) is 0 Å². The molecule has 0 aromatic rings. The lowest BCUT2D eigenvalue weighted by Gasteiger charge is -2.16. The van der Waals surface area contributed by atoms with Crippen molar-refractivity contribution in [3.63, 3.8) is 0 Å². The fourth-order valence-electron chi connectivity index (χ4n) is 1.56. The van der Waals surface area contributed by atoms with Gasteiger partial charge in [-0.3, -0.25) is 0 Å². The summed E-state index contributed by atoms with van der Waals surface area (Å²) in [6.07, 6.45) is 5.00. The zero-order valence-corrected chi connectivity index (χ0v) is 9.03. The maximum atomic E-state index is 10.5. The summed E-state index contributed by atoms with van der Waals surface area (Å²) in [5.74, 6) is 0.337. The Kier molecular flexibility index (Phi) is 4.80. The fourth-order valence-corrected chi connectivity index (χ4v) is 1.56. The second-order valence-corrected chi connectivity index (χ2v) is 4.13. The molecule has 1 atom stereocenters. The topological polar surface area (TPSA) is 38.7 Å². The highest BCUT2D eigenvalue weighted by Gasteiger charge is 2.13. The molecule has 0 aliphatic carbocycles. The summed E-state index contributed by atoms with van der Waals surface area (Å²) >= 11 is 0. The average Bonchev–Trinajstić information content (AvgIpc) is 2.20. The molecule has 0 spiro atoms. The van der Waals surface area contributed by atoms with Crippen LogP contribution in [0.5, 0.6) is 0 Å². The first-order chi connectivity index (χ1) is 6.74. The SMILES string of the molecule is CC(C)C(CC=C1CCOCC1)N=O. The van der Waals surface area contributed by atoms with E-state index in [1.54, 1.807) is 0 Å². The van der Waals surface area contributed by atoms with E-state index >= 15 is 0 Å². The summed E-state index contributed by atoms with van der Waals surface area (Å²) < 4.78 is 5.25. The Labute approximate surface area is 85.5 Å². The molecule has 0 aromatic heterocycles. The lowest BCUT2D eigenvalue weighted by atomic mass is 9.98. The Morgan fingerprint density at radius 2 is 2.07 bits per heavy atom. The molecule has 0 N–H and O–H groups in total. The highest BCUT2D eigenvalue weighted by atomic mass is 16.5. The van der Waals surface area contributed by atoms with Gasteiger partial charge < -0.3 is 4.74 Å². The molecule has 1 unspecified atom stereocenters. The zero-order chi connectivity index (χ0) is 10.4. The number of nitrogens with zero attached hydrogens (tertiary/aromatic N) is 1. The second-order valence-electron chi connectivity index (χ2n) is 4.13. The molecule has 3 nitrogen and oxygen atoms in total. The molecule has 0 saturated carbocycles. The average molecular weight is 197 g/mol. The molecule has 1 rings (SSSR count). The number of hydrogen-bond acceptors (Lipinski definition) is 3. The third-order valence-electron chi connectivity index (χ3n) is 2.69. The van der Waals surface area contributed by atoms with E-state index in [1.165, 1.54) is 5.57 Å². The standard InChI is InChI=1S/C11H19NO2/c1-9(2)11(12-13)4-3-10-5-7-14-8-6-10/h3,9,11H,4-8H2,1-2H3. The van der Waals surface area contributed by atoms with Crippen LogP contribution in [0.1, 0.15) is 33.1 Å². The molecule has 1 heterocycles. The minimum absolute atomic E-state index is 0.0645. The maximum absolute atomic E-state index is 10.5. The third-order valence-corrected chi connectivity index (χ3v) is 2.69. The van der Waals surface area contributed by atoms with E-state index in [0.29, 0.717) is 5.92 Å². The van der Waals surface area contributed by atoms with E-state index < -0.39 is 0 Å². The van der Waals surface area contributed by atoms with Gasteiger partial charge in [-0.2, -0.15) is 4.91 Å². The quantitative estimate of drug-likeness (QED) is 0.513. The van der Waals surface area contributed by atoms with Gasteiger partial charge in [-0.25, -0.2) is 0 Å². The third kappa shape index (κ3) is 3.58. The molecule has 1 aliphatic rings. The zero-order valence-electron chi connectivity index (χ0n) is 9.03. The minimum Gasteiger partial charge on any atom is -0.381 e. The van der Waals surface area contributed by atoms with Crippen molar-refractivity contribution in [1.29, 1.82) is 0 Å². The van der Waals surface area contributed by atoms with E-state index in [-0.39, 0.29) is 6.04 Å². The van der Waals surface area contributed by atoms with Crippen LogP contribution >= 0.6 is 0 Å². The van der Waals surface area contributed by atoms with Gasteiger partial charge in [0.1, 0.15) is 0 Å². The Balaban J connectivity index is 2.38. The van der Waals surface area contributed by atoms with Crippen LogP contribution in [0.2, 0.25) is 0 Å². The molecular weight excluding hydrogens is 178 g/mol. The normalized spacial score (nSPS) is 19.5. The van der Waals surface area contributed by atoms with Crippen LogP contribution in [0.15, 0.2) is 16.8 Å². The Morgan fingerprint density at radius 3 is 2.57 bits per heavy atom. The van der Waals surface area contributed by atoms with Crippen molar-refractivity contribution >= 4 is 0 Å². The Bertz CT molecular complexity index is 203. The molecular formula is C11H19NO2. The van der Waals surface area contributed by atoms with Gasteiger partial charge >= 0.3 is 0 Å². The molecule has 80 valence electrons. The molecule has 1 fully saturated rings. The van der Waals surface area contributed by atoms with Gasteiger partial charge in [0.2, 0.25) is 0 Å². The van der Waals surface area contributed by atoms with Gasteiger partial charge in [0.15, 0.2) is 0 Å². The largest absolute Gasteiger partial charge is 0.381 e. The van der Waals surface area contributed by atoms with Gasteiger partial charge in [0.25, 0.3) is 0 Å². The van der Waals surface area contributed by atoms with Crippen LogP contribution in [0, 0.1) is 10.8 Å². The van der Waals surface area contributed by atoms with Crippen LogP contribution in [0.25, 0.3) is 0 Å². The second kappa shape index (κ2) is 5.91. The van der Waals surface area contributed by atoms with Gasteiger partial charge in [-0.05, 0) is 25.2 Å². The Hall–Kier alpha value is -0.700. The van der Waals surface area contributed by atoms with Crippen molar-refractivity contribution < 1.29 is 4.74 Å².